The fourth-order valence-electron chi connectivity index (χ4n) is 2.26. The van der Waals surface area contributed by atoms with Crippen molar-refractivity contribution in [3.63, 3.8) is 0 Å². The molecule has 7 nitrogen and oxygen atoms in total. The summed E-state index contributed by atoms with van der Waals surface area (Å²) in [5.41, 5.74) is 1.72. The third-order valence-electron chi connectivity index (χ3n) is 3.40. The van der Waals surface area contributed by atoms with Gasteiger partial charge in [-0.25, -0.2) is 14.8 Å². The van der Waals surface area contributed by atoms with Gasteiger partial charge in [0.1, 0.15) is 16.6 Å². The minimum Gasteiger partial charge on any atom is -0.292 e. The second-order valence-corrected chi connectivity index (χ2v) is 5.98. The Morgan fingerprint density at radius 3 is 2.56 bits per heavy atom. The molecule has 4 aromatic heterocycles. The van der Waals surface area contributed by atoms with E-state index in [1.807, 2.05) is 18.2 Å². The van der Waals surface area contributed by atoms with Gasteiger partial charge in [-0.1, -0.05) is 0 Å². The van der Waals surface area contributed by atoms with Gasteiger partial charge in [0.05, 0.1) is 5.52 Å². The van der Waals surface area contributed by atoms with Gasteiger partial charge in [0.15, 0.2) is 0 Å². The Bertz CT molecular complexity index is 1030. The van der Waals surface area contributed by atoms with Crippen molar-refractivity contribution in [1.29, 1.82) is 0 Å². The molecule has 0 bridgehead atoms. The monoisotopic (exact) mass is 348 g/mol. The molecule has 8 heteroatoms. The summed E-state index contributed by atoms with van der Waals surface area (Å²) in [6, 6.07) is 8.72. The molecule has 2 N–H and O–H groups in total. The van der Waals surface area contributed by atoms with Crippen molar-refractivity contribution in [3.8, 4) is 10.6 Å². The molecule has 4 heterocycles. The van der Waals surface area contributed by atoms with Crippen LogP contribution in [0.2, 0.25) is 0 Å². The first-order valence-corrected chi connectivity index (χ1v) is 8.30. The van der Waals surface area contributed by atoms with Crippen LogP contribution >= 0.6 is 11.3 Å². The van der Waals surface area contributed by atoms with Crippen molar-refractivity contribution in [2.45, 2.75) is 0 Å². The zero-order valence-electron chi connectivity index (χ0n) is 12.9. The van der Waals surface area contributed by atoms with E-state index in [-0.39, 0.29) is 0 Å². The Morgan fingerprint density at radius 1 is 0.880 bits per heavy atom. The number of thiazole rings is 1. The van der Waals surface area contributed by atoms with E-state index in [2.05, 4.69) is 30.6 Å². The van der Waals surface area contributed by atoms with Crippen LogP contribution in [0.25, 0.3) is 21.5 Å². The van der Waals surface area contributed by atoms with E-state index in [0.717, 1.165) is 21.5 Å². The number of nitrogens with zero attached hydrogens (tertiary/aromatic N) is 4. The first kappa shape index (κ1) is 15.2. The number of urea groups is 1. The van der Waals surface area contributed by atoms with Crippen molar-refractivity contribution < 1.29 is 4.79 Å². The van der Waals surface area contributed by atoms with Crippen LogP contribution in [0.15, 0.2) is 60.5 Å². The molecule has 0 unspecified atom stereocenters. The number of hydrogen-bond donors (Lipinski definition) is 2. The fraction of sp³-hybridized carbons (Fsp3) is 0. The Hall–Kier alpha value is -3.39. The van der Waals surface area contributed by atoms with Gasteiger partial charge in [-0.3, -0.25) is 20.6 Å². The van der Waals surface area contributed by atoms with Gasteiger partial charge in [0.2, 0.25) is 0 Å². The lowest BCUT2D eigenvalue weighted by Gasteiger charge is -2.05. The molecule has 0 aromatic carbocycles. The van der Waals surface area contributed by atoms with Gasteiger partial charge in [-0.05, 0) is 30.3 Å². The van der Waals surface area contributed by atoms with E-state index < -0.39 is 6.03 Å². The van der Waals surface area contributed by atoms with Crippen LogP contribution in [0, 0.1) is 0 Å². The zero-order chi connectivity index (χ0) is 17.1. The number of hydrogen-bond acceptors (Lipinski definition) is 6. The van der Waals surface area contributed by atoms with Gasteiger partial charge < -0.3 is 0 Å². The number of nitrogens with one attached hydrogen (secondary N) is 2. The van der Waals surface area contributed by atoms with E-state index in [1.165, 1.54) is 11.3 Å². The van der Waals surface area contributed by atoms with Crippen LogP contribution in [0.3, 0.4) is 0 Å². The summed E-state index contributed by atoms with van der Waals surface area (Å²) in [7, 11) is 0. The lowest BCUT2D eigenvalue weighted by Crippen LogP contribution is -2.20. The third kappa shape index (κ3) is 3.43. The van der Waals surface area contributed by atoms with Crippen LogP contribution < -0.4 is 10.6 Å². The number of carbonyl (C=O) groups is 1. The van der Waals surface area contributed by atoms with Gasteiger partial charge in [-0.15, -0.1) is 11.3 Å². The van der Waals surface area contributed by atoms with Crippen LogP contribution in [0.5, 0.6) is 0 Å². The summed E-state index contributed by atoms with van der Waals surface area (Å²) >= 11 is 1.45. The number of fused-ring (bicyclic) bond motifs is 1. The third-order valence-corrected chi connectivity index (χ3v) is 4.30. The highest BCUT2D eigenvalue weighted by Crippen LogP contribution is 2.25. The van der Waals surface area contributed by atoms with Gasteiger partial charge in [0.25, 0.3) is 0 Å². The van der Waals surface area contributed by atoms with Crippen LogP contribution in [0.4, 0.5) is 16.4 Å². The van der Waals surface area contributed by atoms with E-state index in [4.69, 9.17) is 0 Å². The first-order chi connectivity index (χ1) is 12.3. The second kappa shape index (κ2) is 6.62. The van der Waals surface area contributed by atoms with Crippen LogP contribution in [-0.2, 0) is 0 Å². The summed E-state index contributed by atoms with van der Waals surface area (Å²) in [6.07, 6.45) is 6.80. The van der Waals surface area contributed by atoms with E-state index in [0.29, 0.717) is 11.6 Å². The molecule has 0 spiro atoms. The lowest BCUT2D eigenvalue weighted by molar-refractivity contribution is 0.262. The highest BCUT2D eigenvalue weighted by Gasteiger charge is 2.09. The zero-order valence-corrected chi connectivity index (χ0v) is 13.7. The average Bonchev–Trinajstić information content (AvgIpc) is 3.10. The van der Waals surface area contributed by atoms with Crippen LogP contribution in [0.1, 0.15) is 0 Å². The molecule has 0 aliphatic rings. The maximum atomic E-state index is 12.1. The number of amides is 2. The van der Waals surface area contributed by atoms with Gasteiger partial charge >= 0.3 is 6.03 Å². The van der Waals surface area contributed by atoms with Crippen molar-refractivity contribution in [2.75, 3.05) is 10.6 Å². The molecule has 0 fully saturated rings. The summed E-state index contributed by atoms with van der Waals surface area (Å²) in [5, 5.41) is 8.93. The topological polar surface area (TPSA) is 92.7 Å². The van der Waals surface area contributed by atoms with Crippen molar-refractivity contribution >= 4 is 39.9 Å². The number of pyridine rings is 3. The predicted molar refractivity (Wildman–Crippen MR) is 97.5 cm³/mol. The van der Waals surface area contributed by atoms with E-state index in [9.17, 15) is 4.79 Å². The smallest absolute Gasteiger partial charge is 0.292 e. The van der Waals surface area contributed by atoms with Crippen molar-refractivity contribution in [1.82, 2.24) is 19.9 Å². The molecule has 2 amide bonds. The molecule has 0 saturated carbocycles. The van der Waals surface area contributed by atoms with Gasteiger partial charge in [0, 0.05) is 41.1 Å². The predicted octanol–water partition coefficient (Wildman–Crippen LogP) is 3.79. The maximum Gasteiger partial charge on any atom is 0.326 e. The summed E-state index contributed by atoms with van der Waals surface area (Å²) in [4.78, 5) is 28.9. The second-order valence-electron chi connectivity index (χ2n) is 5.12. The Balaban J connectivity index is 1.46. The fourth-order valence-corrected chi connectivity index (χ4v) is 3.02. The average molecular weight is 348 g/mol. The lowest BCUT2D eigenvalue weighted by atomic mass is 10.3. The van der Waals surface area contributed by atoms with Crippen molar-refractivity contribution in [2.24, 2.45) is 0 Å². The Morgan fingerprint density at radius 2 is 1.68 bits per heavy atom. The molecule has 0 aliphatic heterocycles. The quantitative estimate of drug-likeness (QED) is 0.587. The first-order valence-electron chi connectivity index (χ1n) is 7.43. The summed E-state index contributed by atoms with van der Waals surface area (Å²) < 4.78 is 0. The maximum absolute atomic E-state index is 12.1. The number of anilines is 2. The molecule has 0 aliphatic carbocycles. The largest absolute Gasteiger partial charge is 0.326 e. The SMILES string of the molecule is O=C(Nc1csc(-c2ccncc2)n1)Nc1ccc2cnccc2n1. The highest BCUT2D eigenvalue weighted by molar-refractivity contribution is 7.13. The molecule has 4 aromatic rings. The molecule has 4 rings (SSSR count). The highest BCUT2D eigenvalue weighted by atomic mass is 32.1. The molecular formula is C17H12N6OS. The molecule has 122 valence electrons. The Labute approximate surface area is 146 Å². The number of carbonyl (C=O) groups excluding carboxylic acids is 1. The summed E-state index contributed by atoms with van der Waals surface area (Å²) in [5.74, 6) is 0.945. The molecular weight excluding hydrogens is 336 g/mol. The van der Waals surface area contributed by atoms with Gasteiger partial charge in [-0.2, -0.15) is 0 Å². The van der Waals surface area contributed by atoms with Crippen LogP contribution in [-0.4, -0.2) is 26.0 Å². The normalized spacial score (nSPS) is 10.6. The number of aromatic nitrogens is 4. The van der Waals surface area contributed by atoms with E-state index >= 15 is 0 Å². The molecule has 25 heavy (non-hydrogen) atoms. The minimum atomic E-state index is -0.396. The van der Waals surface area contributed by atoms with E-state index in [1.54, 1.807) is 42.3 Å². The standard InChI is InChI=1S/C17H12N6OS/c24-17(22-14-2-1-12-9-19-8-5-13(12)20-14)23-15-10-25-16(21-15)11-3-6-18-7-4-11/h1-10H,(H2,20,22,23,24). The number of rotatable bonds is 3. The summed E-state index contributed by atoms with van der Waals surface area (Å²) in [6.45, 7) is 0. The molecule has 0 atom stereocenters. The molecule has 0 radical (unpaired) electrons. The van der Waals surface area contributed by atoms with Crippen molar-refractivity contribution in [3.05, 3.63) is 60.5 Å². The Kier molecular flexibility index (Phi) is 4.01. The minimum absolute atomic E-state index is 0.396. The molecule has 0 saturated heterocycles.